The largest absolute Gasteiger partial charge is 0.357 e. The van der Waals surface area contributed by atoms with Gasteiger partial charge in [-0.05, 0) is 44.8 Å². The predicted molar refractivity (Wildman–Crippen MR) is 113 cm³/mol. The topological polar surface area (TPSA) is 30.9 Å². The molecule has 1 heterocycles. The SMILES string of the molecule is CCNC(=NCC(C)c1cccc(C)c1)N1CCC(CN(CC)CC)C1. The molecular weight excluding hydrogens is 320 g/mol. The minimum absolute atomic E-state index is 0.442. The number of hydrogen-bond acceptors (Lipinski definition) is 2. The van der Waals surface area contributed by atoms with Gasteiger partial charge in [0.1, 0.15) is 0 Å². The molecule has 146 valence electrons. The van der Waals surface area contributed by atoms with Crippen molar-refractivity contribution in [3.05, 3.63) is 35.4 Å². The molecule has 0 spiro atoms. The molecule has 4 heteroatoms. The molecule has 0 radical (unpaired) electrons. The standard InChI is InChI=1S/C22H38N4/c1-6-23-22(24-15-19(5)21-11-9-10-18(4)14-21)26-13-12-20(17-26)16-25(7-2)8-3/h9-11,14,19-20H,6-8,12-13,15-17H2,1-5H3,(H,23,24). The Hall–Kier alpha value is -1.55. The van der Waals surface area contributed by atoms with Crippen LogP contribution >= 0.6 is 0 Å². The summed E-state index contributed by atoms with van der Waals surface area (Å²) in [6.07, 6.45) is 1.27. The Labute approximate surface area is 160 Å². The first-order chi connectivity index (χ1) is 12.6. The average Bonchev–Trinajstić information content (AvgIpc) is 3.11. The highest BCUT2D eigenvalue weighted by atomic mass is 15.3. The van der Waals surface area contributed by atoms with Crippen molar-refractivity contribution in [3.8, 4) is 0 Å². The van der Waals surface area contributed by atoms with E-state index in [4.69, 9.17) is 4.99 Å². The van der Waals surface area contributed by atoms with Crippen molar-refractivity contribution in [3.63, 3.8) is 0 Å². The Bertz CT molecular complexity index is 565. The molecule has 1 fully saturated rings. The van der Waals surface area contributed by atoms with E-state index in [2.05, 4.69) is 74.0 Å². The number of benzene rings is 1. The Morgan fingerprint density at radius 1 is 1.31 bits per heavy atom. The van der Waals surface area contributed by atoms with Gasteiger partial charge in [-0.3, -0.25) is 4.99 Å². The Kier molecular flexibility index (Phi) is 8.43. The van der Waals surface area contributed by atoms with Crippen molar-refractivity contribution in [2.75, 3.05) is 45.8 Å². The minimum atomic E-state index is 0.442. The van der Waals surface area contributed by atoms with E-state index in [0.717, 1.165) is 51.1 Å². The van der Waals surface area contributed by atoms with Gasteiger partial charge in [0.15, 0.2) is 5.96 Å². The van der Waals surface area contributed by atoms with Gasteiger partial charge in [0.25, 0.3) is 0 Å². The smallest absolute Gasteiger partial charge is 0.193 e. The molecule has 1 aliphatic heterocycles. The van der Waals surface area contributed by atoms with Crippen LogP contribution in [0.3, 0.4) is 0 Å². The number of nitrogens with one attached hydrogen (secondary N) is 1. The number of guanidine groups is 1. The van der Waals surface area contributed by atoms with Gasteiger partial charge in [0, 0.05) is 38.6 Å². The zero-order valence-electron chi connectivity index (χ0n) is 17.5. The summed E-state index contributed by atoms with van der Waals surface area (Å²) in [5, 5.41) is 3.51. The van der Waals surface area contributed by atoms with E-state index in [1.807, 2.05) is 0 Å². The van der Waals surface area contributed by atoms with Crippen LogP contribution in [0, 0.1) is 12.8 Å². The van der Waals surface area contributed by atoms with Crippen molar-refractivity contribution in [1.82, 2.24) is 15.1 Å². The monoisotopic (exact) mass is 358 g/mol. The number of aryl methyl sites for hydroxylation is 1. The fourth-order valence-corrected chi connectivity index (χ4v) is 3.75. The van der Waals surface area contributed by atoms with Crippen molar-refractivity contribution in [1.29, 1.82) is 0 Å². The molecule has 1 saturated heterocycles. The zero-order chi connectivity index (χ0) is 18.9. The summed E-state index contributed by atoms with van der Waals surface area (Å²) in [5.41, 5.74) is 2.70. The summed E-state index contributed by atoms with van der Waals surface area (Å²) in [7, 11) is 0. The minimum Gasteiger partial charge on any atom is -0.357 e. The fourth-order valence-electron chi connectivity index (χ4n) is 3.75. The molecule has 2 atom stereocenters. The van der Waals surface area contributed by atoms with E-state index in [0.29, 0.717) is 5.92 Å². The van der Waals surface area contributed by atoms with Crippen molar-refractivity contribution in [2.24, 2.45) is 10.9 Å². The van der Waals surface area contributed by atoms with Gasteiger partial charge in [0.2, 0.25) is 0 Å². The average molecular weight is 359 g/mol. The van der Waals surface area contributed by atoms with Gasteiger partial charge in [0.05, 0.1) is 0 Å². The quantitative estimate of drug-likeness (QED) is 0.567. The lowest BCUT2D eigenvalue weighted by molar-refractivity contribution is 0.255. The maximum Gasteiger partial charge on any atom is 0.193 e. The third-order valence-corrected chi connectivity index (χ3v) is 5.46. The molecule has 0 amide bonds. The van der Waals surface area contributed by atoms with Crippen molar-refractivity contribution in [2.45, 2.75) is 47.0 Å². The molecule has 0 aromatic heterocycles. The molecule has 2 unspecified atom stereocenters. The van der Waals surface area contributed by atoms with Crippen LogP contribution in [0.2, 0.25) is 0 Å². The van der Waals surface area contributed by atoms with E-state index >= 15 is 0 Å². The normalized spacial score (nSPS) is 19.2. The molecule has 0 bridgehead atoms. The van der Waals surface area contributed by atoms with Gasteiger partial charge >= 0.3 is 0 Å². The third kappa shape index (κ3) is 6.01. The Morgan fingerprint density at radius 3 is 2.73 bits per heavy atom. The second kappa shape index (κ2) is 10.6. The molecule has 26 heavy (non-hydrogen) atoms. The molecular formula is C22H38N4. The second-order valence-corrected chi connectivity index (χ2v) is 7.60. The molecule has 0 saturated carbocycles. The lowest BCUT2D eigenvalue weighted by Crippen LogP contribution is -2.41. The van der Waals surface area contributed by atoms with Gasteiger partial charge in [-0.15, -0.1) is 0 Å². The van der Waals surface area contributed by atoms with Crippen LogP contribution in [0.1, 0.15) is 51.2 Å². The molecule has 1 aliphatic rings. The van der Waals surface area contributed by atoms with Crippen LogP contribution in [0.5, 0.6) is 0 Å². The lowest BCUT2D eigenvalue weighted by atomic mass is 10.00. The second-order valence-electron chi connectivity index (χ2n) is 7.60. The number of nitrogens with zero attached hydrogens (tertiary/aromatic N) is 3. The maximum absolute atomic E-state index is 4.97. The van der Waals surface area contributed by atoms with E-state index in [1.165, 1.54) is 24.1 Å². The first-order valence-electron chi connectivity index (χ1n) is 10.4. The van der Waals surface area contributed by atoms with Crippen LogP contribution in [-0.2, 0) is 0 Å². The van der Waals surface area contributed by atoms with E-state index in [9.17, 15) is 0 Å². The molecule has 2 rings (SSSR count). The number of likely N-dealkylation sites (tertiary alicyclic amines) is 1. The summed E-state index contributed by atoms with van der Waals surface area (Å²) in [6, 6.07) is 8.80. The Balaban J connectivity index is 1.96. The van der Waals surface area contributed by atoms with Crippen LogP contribution in [0.4, 0.5) is 0 Å². The predicted octanol–water partition coefficient (Wildman–Crippen LogP) is 3.73. The highest BCUT2D eigenvalue weighted by Gasteiger charge is 2.26. The Morgan fingerprint density at radius 2 is 2.08 bits per heavy atom. The third-order valence-electron chi connectivity index (χ3n) is 5.46. The number of rotatable bonds is 8. The molecule has 0 aliphatic carbocycles. The summed E-state index contributed by atoms with van der Waals surface area (Å²) in [5.74, 6) is 2.29. The van der Waals surface area contributed by atoms with Gasteiger partial charge in [-0.25, -0.2) is 0 Å². The van der Waals surface area contributed by atoms with Crippen LogP contribution in [-0.4, -0.2) is 61.6 Å². The summed E-state index contributed by atoms with van der Waals surface area (Å²) in [4.78, 5) is 9.97. The van der Waals surface area contributed by atoms with E-state index in [-0.39, 0.29) is 0 Å². The maximum atomic E-state index is 4.97. The first-order valence-corrected chi connectivity index (χ1v) is 10.4. The highest BCUT2D eigenvalue weighted by Crippen LogP contribution is 2.19. The molecule has 1 aromatic carbocycles. The highest BCUT2D eigenvalue weighted by molar-refractivity contribution is 5.80. The van der Waals surface area contributed by atoms with Crippen molar-refractivity contribution < 1.29 is 0 Å². The van der Waals surface area contributed by atoms with Crippen LogP contribution in [0.25, 0.3) is 0 Å². The number of aliphatic imine (C=N–C) groups is 1. The molecule has 1 N–H and O–H groups in total. The van der Waals surface area contributed by atoms with Gasteiger partial charge in [-0.2, -0.15) is 0 Å². The zero-order valence-corrected chi connectivity index (χ0v) is 17.5. The van der Waals surface area contributed by atoms with Gasteiger partial charge < -0.3 is 15.1 Å². The fraction of sp³-hybridized carbons (Fsp3) is 0.682. The van der Waals surface area contributed by atoms with Crippen molar-refractivity contribution >= 4 is 5.96 Å². The first kappa shape index (κ1) is 20.8. The summed E-state index contributed by atoms with van der Waals surface area (Å²) < 4.78 is 0. The lowest BCUT2D eigenvalue weighted by Gasteiger charge is -2.24. The molecule has 1 aromatic rings. The van der Waals surface area contributed by atoms with Crippen LogP contribution in [0.15, 0.2) is 29.3 Å². The summed E-state index contributed by atoms with van der Waals surface area (Å²) in [6.45, 7) is 18.6. The molecule has 4 nitrogen and oxygen atoms in total. The van der Waals surface area contributed by atoms with E-state index in [1.54, 1.807) is 0 Å². The number of hydrogen-bond donors (Lipinski definition) is 1. The summed E-state index contributed by atoms with van der Waals surface area (Å²) >= 11 is 0. The van der Waals surface area contributed by atoms with E-state index < -0.39 is 0 Å². The van der Waals surface area contributed by atoms with Crippen LogP contribution < -0.4 is 5.32 Å². The van der Waals surface area contributed by atoms with Gasteiger partial charge in [-0.1, -0.05) is 50.6 Å².